The van der Waals surface area contributed by atoms with Gasteiger partial charge >= 0.3 is 0 Å². The first kappa shape index (κ1) is 22.0. The number of ether oxygens (including phenoxy) is 2. The fourth-order valence-corrected chi connectivity index (χ4v) is 2.50. The Kier molecular flexibility index (Phi) is 9.75. The maximum atomic E-state index is 12.8. The number of amides is 1. The SMILES string of the molecule is CCCCOc1ccc(NC(=O)[C@@](C)(CCCC)OCCC)c(C#N)c1. The van der Waals surface area contributed by atoms with Crippen LogP contribution in [-0.2, 0) is 9.53 Å². The molecule has 0 bridgehead atoms. The van der Waals surface area contributed by atoms with Crippen LogP contribution >= 0.6 is 0 Å². The number of hydrogen-bond acceptors (Lipinski definition) is 4. The normalized spacial score (nSPS) is 12.9. The highest BCUT2D eigenvalue weighted by atomic mass is 16.5. The number of carbonyl (C=O) groups is 1. The Morgan fingerprint density at radius 2 is 1.88 bits per heavy atom. The fourth-order valence-electron chi connectivity index (χ4n) is 2.50. The second-order valence-electron chi connectivity index (χ2n) is 6.66. The van der Waals surface area contributed by atoms with Gasteiger partial charge in [0.2, 0.25) is 0 Å². The highest BCUT2D eigenvalue weighted by Crippen LogP contribution is 2.26. The van der Waals surface area contributed by atoms with E-state index in [0.29, 0.717) is 36.6 Å². The summed E-state index contributed by atoms with van der Waals surface area (Å²) in [6.45, 7) is 9.17. The Labute approximate surface area is 157 Å². The monoisotopic (exact) mass is 360 g/mol. The van der Waals surface area contributed by atoms with E-state index in [1.165, 1.54) is 0 Å². The minimum atomic E-state index is -0.894. The molecule has 0 heterocycles. The number of nitrogens with zero attached hydrogens (tertiary/aromatic N) is 1. The van der Waals surface area contributed by atoms with Gasteiger partial charge in [0, 0.05) is 6.61 Å². The summed E-state index contributed by atoms with van der Waals surface area (Å²) in [5.41, 5.74) is -0.0152. The van der Waals surface area contributed by atoms with Crippen molar-refractivity contribution in [1.29, 1.82) is 5.26 Å². The van der Waals surface area contributed by atoms with Crippen LogP contribution in [0.4, 0.5) is 5.69 Å². The van der Waals surface area contributed by atoms with Crippen LogP contribution in [0, 0.1) is 11.3 Å². The van der Waals surface area contributed by atoms with Gasteiger partial charge in [-0.25, -0.2) is 0 Å². The van der Waals surface area contributed by atoms with Gasteiger partial charge < -0.3 is 14.8 Å². The molecule has 0 saturated heterocycles. The van der Waals surface area contributed by atoms with E-state index >= 15 is 0 Å². The van der Waals surface area contributed by atoms with Gasteiger partial charge in [-0.3, -0.25) is 4.79 Å². The number of rotatable bonds is 12. The molecular formula is C21H32N2O3. The molecule has 0 aromatic heterocycles. The summed E-state index contributed by atoms with van der Waals surface area (Å²) in [6.07, 6.45) is 5.41. The fraction of sp³-hybridized carbons (Fsp3) is 0.619. The van der Waals surface area contributed by atoms with Gasteiger partial charge in [-0.1, -0.05) is 40.0 Å². The molecule has 0 aliphatic rings. The van der Waals surface area contributed by atoms with Crippen LogP contribution in [0.1, 0.15) is 71.8 Å². The number of hydrogen-bond donors (Lipinski definition) is 1. The highest BCUT2D eigenvalue weighted by Gasteiger charge is 2.33. The van der Waals surface area contributed by atoms with Gasteiger partial charge in [0.1, 0.15) is 17.4 Å². The van der Waals surface area contributed by atoms with Crippen LogP contribution in [-0.4, -0.2) is 24.7 Å². The lowest BCUT2D eigenvalue weighted by molar-refractivity contribution is -0.140. The molecular weight excluding hydrogens is 328 g/mol. The molecule has 1 amide bonds. The van der Waals surface area contributed by atoms with Gasteiger partial charge in [0.15, 0.2) is 0 Å². The predicted octanol–water partition coefficient (Wildman–Crippen LogP) is 5.05. The Bertz CT molecular complexity index is 600. The Morgan fingerprint density at radius 1 is 1.15 bits per heavy atom. The molecule has 0 fully saturated rings. The molecule has 5 nitrogen and oxygen atoms in total. The number of unbranched alkanes of at least 4 members (excludes halogenated alkanes) is 2. The van der Waals surface area contributed by atoms with E-state index in [-0.39, 0.29) is 5.91 Å². The molecule has 0 aliphatic heterocycles. The molecule has 0 saturated carbocycles. The van der Waals surface area contributed by atoms with Gasteiger partial charge in [0.25, 0.3) is 5.91 Å². The molecule has 1 N–H and O–H groups in total. The van der Waals surface area contributed by atoms with E-state index in [0.717, 1.165) is 32.1 Å². The number of nitriles is 1. The molecule has 26 heavy (non-hydrogen) atoms. The Hall–Kier alpha value is -2.06. The molecule has 0 unspecified atom stereocenters. The summed E-state index contributed by atoms with van der Waals surface area (Å²) in [5, 5.41) is 12.3. The third-order valence-electron chi connectivity index (χ3n) is 4.24. The number of nitrogens with one attached hydrogen (secondary N) is 1. The lowest BCUT2D eigenvalue weighted by atomic mass is 9.97. The van der Waals surface area contributed by atoms with E-state index in [1.54, 1.807) is 18.2 Å². The number of benzene rings is 1. The summed E-state index contributed by atoms with van der Waals surface area (Å²) < 4.78 is 11.5. The van der Waals surface area contributed by atoms with Crippen LogP contribution in [0.3, 0.4) is 0 Å². The second-order valence-corrected chi connectivity index (χ2v) is 6.66. The van der Waals surface area contributed by atoms with Gasteiger partial charge in [0.05, 0.1) is 17.9 Å². The first-order valence-corrected chi connectivity index (χ1v) is 9.63. The third-order valence-corrected chi connectivity index (χ3v) is 4.24. The summed E-state index contributed by atoms with van der Waals surface area (Å²) in [4.78, 5) is 12.8. The zero-order valence-corrected chi connectivity index (χ0v) is 16.6. The van der Waals surface area contributed by atoms with Crippen molar-refractivity contribution in [3.63, 3.8) is 0 Å². The largest absolute Gasteiger partial charge is 0.494 e. The van der Waals surface area contributed by atoms with Crippen molar-refractivity contribution in [2.45, 2.75) is 71.8 Å². The number of carbonyl (C=O) groups excluding carboxylic acids is 1. The average molecular weight is 360 g/mol. The summed E-state index contributed by atoms with van der Waals surface area (Å²) in [5.74, 6) is 0.430. The molecule has 1 aromatic rings. The Morgan fingerprint density at radius 3 is 2.50 bits per heavy atom. The highest BCUT2D eigenvalue weighted by molar-refractivity contribution is 5.98. The van der Waals surface area contributed by atoms with Crippen LogP contribution in [0.2, 0.25) is 0 Å². The summed E-state index contributed by atoms with van der Waals surface area (Å²) in [6, 6.07) is 7.30. The third kappa shape index (κ3) is 6.68. The van der Waals surface area contributed by atoms with E-state index in [4.69, 9.17) is 9.47 Å². The molecule has 1 aromatic carbocycles. The van der Waals surface area contributed by atoms with Crippen molar-refractivity contribution in [2.24, 2.45) is 0 Å². The lowest BCUT2D eigenvalue weighted by Crippen LogP contribution is -2.43. The van der Waals surface area contributed by atoms with E-state index in [9.17, 15) is 10.1 Å². The molecule has 0 aliphatic carbocycles. The van der Waals surface area contributed by atoms with Gasteiger partial charge in [-0.15, -0.1) is 0 Å². The van der Waals surface area contributed by atoms with Crippen molar-refractivity contribution in [3.05, 3.63) is 23.8 Å². The van der Waals surface area contributed by atoms with Gasteiger partial charge in [-0.05, 0) is 44.4 Å². The second kappa shape index (κ2) is 11.5. The maximum Gasteiger partial charge on any atom is 0.256 e. The van der Waals surface area contributed by atoms with Crippen LogP contribution < -0.4 is 10.1 Å². The minimum absolute atomic E-state index is 0.212. The first-order valence-electron chi connectivity index (χ1n) is 9.63. The maximum absolute atomic E-state index is 12.8. The van der Waals surface area contributed by atoms with E-state index in [1.807, 2.05) is 13.8 Å². The van der Waals surface area contributed by atoms with Crippen molar-refractivity contribution in [1.82, 2.24) is 0 Å². The van der Waals surface area contributed by atoms with E-state index < -0.39 is 5.60 Å². The molecule has 1 atom stereocenters. The van der Waals surface area contributed by atoms with Crippen LogP contribution in [0.5, 0.6) is 5.75 Å². The molecule has 0 radical (unpaired) electrons. The smallest absolute Gasteiger partial charge is 0.256 e. The molecule has 0 spiro atoms. The summed E-state index contributed by atoms with van der Waals surface area (Å²) >= 11 is 0. The standard InChI is InChI=1S/C21H32N2O3/c1-5-8-12-21(4,26-13-7-3)20(24)23-19-11-10-18(15-17(19)16-22)25-14-9-6-2/h10-11,15H,5-9,12-14H2,1-4H3,(H,23,24)/t21-/m1/s1. The Balaban J connectivity index is 2.89. The average Bonchev–Trinajstić information content (AvgIpc) is 2.65. The summed E-state index contributed by atoms with van der Waals surface area (Å²) in [7, 11) is 0. The van der Waals surface area contributed by atoms with E-state index in [2.05, 4.69) is 25.2 Å². The molecule has 144 valence electrons. The minimum Gasteiger partial charge on any atom is -0.494 e. The lowest BCUT2D eigenvalue weighted by Gasteiger charge is -2.29. The zero-order valence-electron chi connectivity index (χ0n) is 16.6. The topological polar surface area (TPSA) is 71.3 Å². The quantitative estimate of drug-likeness (QED) is 0.529. The molecule has 1 rings (SSSR count). The van der Waals surface area contributed by atoms with Crippen molar-refractivity contribution >= 4 is 11.6 Å². The van der Waals surface area contributed by atoms with Crippen LogP contribution in [0.25, 0.3) is 0 Å². The first-order chi connectivity index (χ1) is 12.5. The van der Waals surface area contributed by atoms with Crippen molar-refractivity contribution < 1.29 is 14.3 Å². The van der Waals surface area contributed by atoms with Crippen molar-refractivity contribution in [3.8, 4) is 11.8 Å². The van der Waals surface area contributed by atoms with Crippen molar-refractivity contribution in [2.75, 3.05) is 18.5 Å². The zero-order chi connectivity index (χ0) is 19.4. The predicted molar refractivity (Wildman–Crippen MR) is 104 cm³/mol. The number of anilines is 1. The van der Waals surface area contributed by atoms with Gasteiger partial charge in [-0.2, -0.15) is 5.26 Å². The van der Waals surface area contributed by atoms with Crippen LogP contribution in [0.15, 0.2) is 18.2 Å². The molecule has 5 heteroatoms.